The van der Waals surface area contributed by atoms with Gasteiger partial charge >= 0.3 is 5.97 Å². The zero-order valence-corrected chi connectivity index (χ0v) is 16.1. The molecule has 1 aromatic heterocycles. The lowest BCUT2D eigenvalue weighted by Crippen LogP contribution is -2.40. The minimum absolute atomic E-state index is 0.00376. The van der Waals surface area contributed by atoms with E-state index in [2.05, 4.69) is 5.32 Å². The van der Waals surface area contributed by atoms with Crippen LogP contribution in [0.25, 0.3) is 0 Å². The lowest BCUT2D eigenvalue weighted by Gasteiger charge is -2.30. The molecule has 142 valence electrons. The summed E-state index contributed by atoms with van der Waals surface area (Å²) in [6, 6.07) is 10.5. The highest BCUT2D eigenvalue weighted by Gasteiger charge is 2.29. The van der Waals surface area contributed by atoms with E-state index in [4.69, 9.17) is 16.3 Å². The highest BCUT2D eigenvalue weighted by atomic mass is 35.5. The van der Waals surface area contributed by atoms with Crippen molar-refractivity contribution in [2.24, 2.45) is 5.92 Å². The Bertz CT molecular complexity index is 817. The van der Waals surface area contributed by atoms with Crippen molar-refractivity contribution in [3.63, 3.8) is 0 Å². The van der Waals surface area contributed by atoms with Gasteiger partial charge in [0.1, 0.15) is 0 Å². The van der Waals surface area contributed by atoms with Crippen LogP contribution in [0.4, 0.5) is 5.69 Å². The second-order valence-electron chi connectivity index (χ2n) is 6.18. The Hall–Kier alpha value is -2.38. The molecule has 2 amide bonds. The highest BCUT2D eigenvalue weighted by Crippen LogP contribution is 2.22. The number of amides is 2. The minimum atomic E-state index is -0.443. The number of anilines is 1. The van der Waals surface area contributed by atoms with Gasteiger partial charge in [-0.2, -0.15) is 0 Å². The van der Waals surface area contributed by atoms with Crippen LogP contribution in [0.3, 0.4) is 0 Å². The smallest absolute Gasteiger partial charge is 0.309 e. The molecule has 0 bridgehead atoms. The summed E-state index contributed by atoms with van der Waals surface area (Å²) in [5.41, 5.74) is 0.473. The molecule has 8 heteroatoms. The van der Waals surface area contributed by atoms with Crippen molar-refractivity contribution < 1.29 is 19.1 Å². The predicted molar refractivity (Wildman–Crippen MR) is 104 cm³/mol. The summed E-state index contributed by atoms with van der Waals surface area (Å²) in [6.45, 7) is 0.642. The van der Waals surface area contributed by atoms with E-state index in [9.17, 15) is 14.4 Å². The van der Waals surface area contributed by atoms with Crippen molar-refractivity contribution in [2.75, 3.05) is 25.0 Å². The number of nitrogens with zero attached hydrogens (tertiary/aromatic N) is 1. The number of likely N-dealkylation sites (tertiary alicyclic amines) is 1. The summed E-state index contributed by atoms with van der Waals surface area (Å²) in [5.74, 6) is -1.16. The van der Waals surface area contributed by atoms with Crippen molar-refractivity contribution in [3.8, 4) is 0 Å². The largest absolute Gasteiger partial charge is 0.455 e. The first-order valence-corrected chi connectivity index (χ1v) is 9.84. The Morgan fingerprint density at radius 2 is 1.89 bits per heavy atom. The molecule has 0 radical (unpaired) electrons. The van der Waals surface area contributed by atoms with Crippen LogP contribution in [0.5, 0.6) is 0 Å². The molecule has 0 atom stereocenters. The lowest BCUT2D eigenvalue weighted by molar-refractivity contribution is -0.152. The molecule has 1 N–H and O–H groups in total. The van der Waals surface area contributed by atoms with Crippen LogP contribution in [0.2, 0.25) is 5.02 Å². The summed E-state index contributed by atoms with van der Waals surface area (Å²) in [7, 11) is 0. The lowest BCUT2D eigenvalue weighted by atomic mass is 9.97. The number of carbonyl (C=O) groups is 3. The summed E-state index contributed by atoms with van der Waals surface area (Å²) >= 11 is 7.38. The molecule has 0 spiro atoms. The van der Waals surface area contributed by atoms with Gasteiger partial charge in [0.25, 0.3) is 11.8 Å². The van der Waals surface area contributed by atoms with E-state index in [0.717, 1.165) is 0 Å². The van der Waals surface area contributed by atoms with E-state index < -0.39 is 11.9 Å². The molecule has 1 aromatic carbocycles. The van der Waals surface area contributed by atoms with Crippen molar-refractivity contribution >= 4 is 46.4 Å². The summed E-state index contributed by atoms with van der Waals surface area (Å²) in [4.78, 5) is 38.9. The van der Waals surface area contributed by atoms with Gasteiger partial charge in [0.15, 0.2) is 6.61 Å². The van der Waals surface area contributed by atoms with Crippen molar-refractivity contribution in [2.45, 2.75) is 12.8 Å². The summed E-state index contributed by atoms with van der Waals surface area (Å²) in [5, 5.41) is 4.89. The molecule has 27 heavy (non-hydrogen) atoms. The SMILES string of the molecule is O=C(COC(=O)C1CCN(C(=O)c2cccs2)CC1)Nc1ccccc1Cl. The number of ether oxygens (including phenoxy) is 1. The van der Waals surface area contributed by atoms with Crippen LogP contribution in [0.15, 0.2) is 41.8 Å². The van der Waals surface area contributed by atoms with Gasteiger partial charge in [-0.15, -0.1) is 11.3 Å². The average Bonchev–Trinajstić information content (AvgIpc) is 3.22. The Labute approximate surface area is 166 Å². The van der Waals surface area contributed by atoms with E-state index in [1.807, 2.05) is 11.4 Å². The van der Waals surface area contributed by atoms with Gasteiger partial charge in [0, 0.05) is 13.1 Å². The topological polar surface area (TPSA) is 75.7 Å². The molecule has 2 heterocycles. The average molecular weight is 407 g/mol. The predicted octanol–water partition coefficient (Wildman–Crippen LogP) is 3.44. The first-order chi connectivity index (χ1) is 13.0. The molecule has 1 aliphatic heterocycles. The molecular formula is C19H19ClN2O4S. The number of carbonyl (C=O) groups excluding carboxylic acids is 3. The molecule has 3 rings (SSSR count). The van der Waals surface area contributed by atoms with E-state index >= 15 is 0 Å². The molecule has 0 saturated carbocycles. The quantitative estimate of drug-likeness (QED) is 0.772. The van der Waals surface area contributed by atoms with Crippen LogP contribution in [0.1, 0.15) is 22.5 Å². The highest BCUT2D eigenvalue weighted by molar-refractivity contribution is 7.12. The van der Waals surface area contributed by atoms with E-state index in [1.54, 1.807) is 35.2 Å². The Kier molecular flexibility index (Phi) is 6.47. The second kappa shape index (κ2) is 9.01. The van der Waals surface area contributed by atoms with Crippen LogP contribution >= 0.6 is 22.9 Å². The molecule has 1 aliphatic rings. The Morgan fingerprint density at radius 1 is 1.15 bits per heavy atom. The number of hydrogen-bond donors (Lipinski definition) is 1. The van der Waals surface area contributed by atoms with E-state index in [0.29, 0.717) is 41.5 Å². The third-order valence-electron chi connectivity index (χ3n) is 4.34. The Balaban J connectivity index is 1.42. The molecule has 0 unspecified atom stereocenters. The van der Waals surface area contributed by atoms with Crippen molar-refractivity contribution in [1.29, 1.82) is 0 Å². The maximum absolute atomic E-state index is 12.3. The third kappa shape index (κ3) is 5.08. The van der Waals surface area contributed by atoms with Gasteiger partial charge in [0.05, 0.1) is 21.5 Å². The van der Waals surface area contributed by atoms with Gasteiger partial charge in [-0.25, -0.2) is 0 Å². The summed E-state index contributed by atoms with van der Waals surface area (Å²) < 4.78 is 5.13. The fourth-order valence-electron chi connectivity index (χ4n) is 2.88. The van der Waals surface area contributed by atoms with Crippen LogP contribution < -0.4 is 5.32 Å². The monoisotopic (exact) mass is 406 g/mol. The minimum Gasteiger partial charge on any atom is -0.455 e. The van der Waals surface area contributed by atoms with Crippen LogP contribution in [-0.2, 0) is 14.3 Å². The zero-order valence-electron chi connectivity index (χ0n) is 14.5. The van der Waals surface area contributed by atoms with Gasteiger partial charge < -0.3 is 15.0 Å². The number of piperidine rings is 1. The number of para-hydroxylation sites is 1. The second-order valence-corrected chi connectivity index (χ2v) is 7.53. The van der Waals surface area contributed by atoms with Gasteiger partial charge in [-0.3, -0.25) is 14.4 Å². The molecule has 1 fully saturated rings. The summed E-state index contributed by atoms with van der Waals surface area (Å²) in [6.07, 6.45) is 1.06. The number of halogens is 1. The first-order valence-electron chi connectivity index (χ1n) is 8.58. The van der Waals surface area contributed by atoms with E-state index in [1.165, 1.54) is 11.3 Å². The number of thiophene rings is 1. The first kappa shape index (κ1) is 19.4. The molecule has 1 saturated heterocycles. The molecule has 6 nitrogen and oxygen atoms in total. The normalized spacial score (nSPS) is 14.6. The van der Waals surface area contributed by atoms with Gasteiger partial charge in [-0.1, -0.05) is 29.8 Å². The number of esters is 1. The maximum atomic E-state index is 12.3. The van der Waals surface area contributed by atoms with Crippen LogP contribution in [-0.4, -0.2) is 42.4 Å². The maximum Gasteiger partial charge on any atom is 0.309 e. The van der Waals surface area contributed by atoms with Crippen molar-refractivity contribution in [3.05, 3.63) is 51.7 Å². The third-order valence-corrected chi connectivity index (χ3v) is 5.53. The molecule has 2 aromatic rings. The number of benzene rings is 1. The number of hydrogen-bond acceptors (Lipinski definition) is 5. The fraction of sp³-hybridized carbons (Fsp3) is 0.316. The van der Waals surface area contributed by atoms with Crippen LogP contribution in [0, 0.1) is 5.92 Å². The van der Waals surface area contributed by atoms with Gasteiger partial charge in [-0.05, 0) is 36.4 Å². The van der Waals surface area contributed by atoms with Gasteiger partial charge in [0.2, 0.25) is 0 Å². The zero-order chi connectivity index (χ0) is 19.2. The fourth-order valence-corrected chi connectivity index (χ4v) is 3.75. The van der Waals surface area contributed by atoms with Crippen molar-refractivity contribution in [1.82, 2.24) is 4.90 Å². The standard InChI is InChI=1S/C19H19ClN2O4S/c20-14-4-1-2-5-15(14)21-17(23)12-26-19(25)13-7-9-22(10-8-13)18(24)16-6-3-11-27-16/h1-6,11,13H,7-10,12H2,(H,21,23). The number of nitrogens with one attached hydrogen (secondary N) is 1. The molecular weight excluding hydrogens is 388 g/mol. The molecule has 0 aliphatic carbocycles. The van der Waals surface area contributed by atoms with E-state index in [-0.39, 0.29) is 18.4 Å². The Morgan fingerprint density at radius 3 is 2.56 bits per heavy atom. The number of rotatable bonds is 5.